The summed E-state index contributed by atoms with van der Waals surface area (Å²) in [5.41, 5.74) is 2.69. The summed E-state index contributed by atoms with van der Waals surface area (Å²) in [6, 6.07) is 10.9. The normalized spacial score (nSPS) is 10.6. The van der Waals surface area contributed by atoms with E-state index in [0.29, 0.717) is 29.4 Å². The average molecular weight is 389 g/mol. The minimum Gasteiger partial charge on any atom is -0.352 e. The van der Waals surface area contributed by atoms with E-state index in [1.807, 2.05) is 24.3 Å². The Bertz CT molecular complexity index is 972. The van der Waals surface area contributed by atoms with Crippen molar-refractivity contribution in [1.29, 1.82) is 0 Å². The van der Waals surface area contributed by atoms with E-state index < -0.39 is 0 Å². The van der Waals surface area contributed by atoms with E-state index in [2.05, 4.69) is 39.4 Å². The second-order valence-corrected chi connectivity index (χ2v) is 7.03. The lowest BCUT2D eigenvalue weighted by Crippen LogP contribution is -2.25. The summed E-state index contributed by atoms with van der Waals surface area (Å²) in [5.74, 6) is 0.548. The van der Waals surface area contributed by atoms with Crippen molar-refractivity contribution >= 4 is 17.6 Å². The van der Waals surface area contributed by atoms with E-state index in [9.17, 15) is 9.59 Å². The molecule has 7 heteroatoms. The van der Waals surface area contributed by atoms with Crippen molar-refractivity contribution in [3.8, 4) is 11.1 Å². The number of amides is 2. The molecule has 0 bridgehead atoms. The SMILES string of the molecule is CC(C)CCNC(=O)c1cccc(-c2ccc(NC(=O)c3cncnc3)nc2)c1. The third-order valence-corrected chi connectivity index (χ3v) is 4.29. The zero-order valence-electron chi connectivity index (χ0n) is 16.4. The number of rotatable bonds is 7. The van der Waals surface area contributed by atoms with Gasteiger partial charge in [-0.05, 0) is 42.2 Å². The fraction of sp³-hybridized carbons (Fsp3) is 0.227. The van der Waals surface area contributed by atoms with Gasteiger partial charge in [0, 0.05) is 36.3 Å². The number of nitrogens with zero attached hydrogens (tertiary/aromatic N) is 3. The highest BCUT2D eigenvalue weighted by Gasteiger charge is 2.09. The Balaban J connectivity index is 1.67. The largest absolute Gasteiger partial charge is 0.352 e. The van der Waals surface area contributed by atoms with Gasteiger partial charge in [0.2, 0.25) is 0 Å². The fourth-order valence-electron chi connectivity index (χ4n) is 2.66. The maximum absolute atomic E-state index is 12.3. The summed E-state index contributed by atoms with van der Waals surface area (Å²) < 4.78 is 0. The molecule has 0 saturated carbocycles. The van der Waals surface area contributed by atoms with Crippen LogP contribution in [0, 0.1) is 5.92 Å². The van der Waals surface area contributed by atoms with Crippen LogP contribution < -0.4 is 10.6 Å². The van der Waals surface area contributed by atoms with Gasteiger partial charge in [0.25, 0.3) is 11.8 Å². The molecule has 3 rings (SSSR count). The Kier molecular flexibility index (Phi) is 6.63. The fourth-order valence-corrected chi connectivity index (χ4v) is 2.66. The predicted molar refractivity (Wildman–Crippen MR) is 111 cm³/mol. The van der Waals surface area contributed by atoms with Crippen LogP contribution in [0.3, 0.4) is 0 Å². The van der Waals surface area contributed by atoms with Crippen molar-refractivity contribution in [3.63, 3.8) is 0 Å². The van der Waals surface area contributed by atoms with Crippen LogP contribution in [0.2, 0.25) is 0 Å². The van der Waals surface area contributed by atoms with Crippen LogP contribution in [0.25, 0.3) is 11.1 Å². The number of anilines is 1. The number of pyridine rings is 1. The van der Waals surface area contributed by atoms with Crippen LogP contribution >= 0.6 is 0 Å². The van der Waals surface area contributed by atoms with E-state index in [1.165, 1.54) is 18.7 Å². The molecule has 0 unspecified atom stereocenters. The van der Waals surface area contributed by atoms with Crippen LogP contribution in [-0.4, -0.2) is 33.3 Å². The van der Waals surface area contributed by atoms with Crippen molar-refractivity contribution in [2.24, 2.45) is 5.92 Å². The molecule has 0 radical (unpaired) electrons. The Hall–Kier alpha value is -3.61. The number of nitrogens with one attached hydrogen (secondary N) is 2. The Morgan fingerprint density at radius 3 is 2.41 bits per heavy atom. The summed E-state index contributed by atoms with van der Waals surface area (Å²) in [6.07, 6.45) is 6.84. The molecule has 0 aliphatic heterocycles. The quantitative estimate of drug-likeness (QED) is 0.644. The Labute approximate surface area is 169 Å². The molecule has 0 spiro atoms. The van der Waals surface area contributed by atoms with Gasteiger partial charge in [0.15, 0.2) is 0 Å². The van der Waals surface area contributed by atoms with Gasteiger partial charge in [-0.2, -0.15) is 0 Å². The summed E-state index contributed by atoms with van der Waals surface area (Å²) in [7, 11) is 0. The minimum atomic E-state index is -0.328. The van der Waals surface area contributed by atoms with Gasteiger partial charge in [-0.3, -0.25) is 9.59 Å². The third kappa shape index (κ3) is 5.68. The molecule has 1 aromatic carbocycles. The monoisotopic (exact) mass is 389 g/mol. The molecule has 2 N–H and O–H groups in total. The number of hydrogen-bond acceptors (Lipinski definition) is 5. The predicted octanol–water partition coefficient (Wildman–Crippen LogP) is 3.57. The Morgan fingerprint density at radius 2 is 1.72 bits per heavy atom. The van der Waals surface area contributed by atoms with Gasteiger partial charge >= 0.3 is 0 Å². The molecule has 0 fully saturated rings. The topological polar surface area (TPSA) is 96.9 Å². The number of aromatic nitrogens is 3. The molecule has 2 amide bonds. The van der Waals surface area contributed by atoms with Crippen LogP contribution in [0.5, 0.6) is 0 Å². The first-order valence-corrected chi connectivity index (χ1v) is 9.44. The van der Waals surface area contributed by atoms with Crippen LogP contribution in [0.15, 0.2) is 61.3 Å². The van der Waals surface area contributed by atoms with Gasteiger partial charge < -0.3 is 10.6 Å². The number of carbonyl (C=O) groups is 2. The molecule has 29 heavy (non-hydrogen) atoms. The standard InChI is InChI=1S/C22H23N5O2/c1-15(2)8-9-25-21(28)17-5-3-4-16(10-17)18-6-7-20(26-13-18)27-22(29)19-11-23-14-24-12-19/h3-7,10-15H,8-9H2,1-2H3,(H,25,28)(H,26,27,29). The lowest BCUT2D eigenvalue weighted by Gasteiger charge is -2.09. The van der Waals surface area contributed by atoms with E-state index in [1.54, 1.807) is 18.3 Å². The van der Waals surface area contributed by atoms with Crippen molar-refractivity contribution in [3.05, 3.63) is 72.4 Å². The van der Waals surface area contributed by atoms with E-state index in [4.69, 9.17) is 0 Å². The summed E-state index contributed by atoms with van der Waals surface area (Å²) >= 11 is 0. The van der Waals surface area contributed by atoms with E-state index in [0.717, 1.165) is 17.5 Å². The van der Waals surface area contributed by atoms with Gasteiger partial charge in [0.1, 0.15) is 12.1 Å². The molecule has 7 nitrogen and oxygen atoms in total. The van der Waals surface area contributed by atoms with Crippen LogP contribution in [-0.2, 0) is 0 Å². The molecular weight excluding hydrogens is 366 g/mol. The second kappa shape index (κ2) is 9.54. The second-order valence-electron chi connectivity index (χ2n) is 7.03. The van der Waals surface area contributed by atoms with Crippen molar-refractivity contribution in [2.45, 2.75) is 20.3 Å². The molecule has 3 aromatic rings. The molecular formula is C22H23N5O2. The smallest absolute Gasteiger partial charge is 0.259 e. The van der Waals surface area contributed by atoms with Crippen molar-refractivity contribution in [2.75, 3.05) is 11.9 Å². The third-order valence-electron chi connectivity index (χ3n) is 4.29. The van der Waals surface area contributed by atoms with Crippen LogP contribution in [0.1, 0.15) is 41.0 Å². The molecule has 2 heterocycles. The van der Waals surface area contributed by atoms with E-state index >= 15 is 0 Å². The zero-order chi connectivity index (χ0) is 20.6. The van der Waals surface area contributed by atoms with Gasteiger partial charge in [-0.1, -0.05) is 26.0 Å². The summed E-state index contributed by atoms with van der Waals surface area (Å²) in [6.45, 7) is 4.90. The van der Waals surface area contributed by atoms with Crippen molar-refractivity contribution in [1.82, 2.24) is 20.3 Å². The number of hydrogen-bond donors (Lipinski definition) is 2. The lowest BCUT2D eigenvalue weighted by atomic mass is 10.0. The van der Waals surface area contributed by atoms with E-state index in [-0.39, 0.29) is 11.8 Å². The number of carbonyl (C=O) groups excluding carboxylic acids is 2. The highest BCUT2D eigenvalue weighted by Crippen LogP contribution is 2.21. The molecule has 0 aliphatic rings. The maximum atomic E-state index is 12.3. The Morgan fingerprint density at radius 1 is 0.931 bits per heavy atom. The van der Waals surface area contributed by atoms with Gasteiger partial charge in [-0.15, -0.1) is 0 Å². The maximum Gasteiger partial charge on any atom is 0.259 e. The van der Waals surface area contributed by atoms with Gasteiger partial charge in [0.05, 0.1) is 5.56 Å². The summed E-state index contributed by atoms with van der Waals surface area (Å²) in [4.78, 5) is 36.4. The first-order chi connectivity index (χ1) is 14.0. The average Bonchev–Trinajstić information content (AvgIpc) is 2.74. The first-order valence-electron chi connectivity index (χ1n) is 9.44. The highest BCUT2D eigenvalue weighted by atomic mass is 16.2. The summed E-state index contributed by atoms with van der Waals surface area (Å²) in [5, 5.41) is 5.65. The molecule has 0 atom stereocenters. The van der Waals surface area contributed by atoms with Crippen molar-refractivity contribution < 1.29 is 9.59 Å². The molecule has 0 saturated heterocycles. The molecule has 148 valence electrons. The first kappa shape index (κ1) is 20.1. The van der Waals surface area contributed by atoms with Crippen LogP contribution in [0.4, 0.5) is 5.82 Å². The minimum absolute atomic E-state index is 0.0885. The lowest BCUT2D eigenvalue weighted by molar-refractivity contribution is 0.0951. The molecule has 0 aliphatic carbocycles. The number of benzene rings is 1. The highest BCUT2D eigenvalue weighted by molar-refractivity contribution is 6.03. The van der Waals surface area contributed by atoms with Gasteiger partial charge in [-0.25, -0.2) is 15.0 Å². The molecule has 2 aromatic heterocycles. The zero-order valence-corrected chi connectivity index (χ0v) is 16.4.